The lowest BCUT2D eigenvalue weighted by Crippen LogP contribution is -2.35. The molecule has 0 spiro atoms. The number of aromatic nitrogens is 2. The van der Waals surface area contributed by atoms with Crippen molar-refractivity contribution < 1.29 is 9.31 Å². The first-order chi connectivity index (χ1) is 9.05. The number of fused-ring (bicyclic) bond motifs is 2. The van der Waals surface area contributed by atoms with Crippen molar-refractivity contribution in [3.05, 3.63) is 23.9 Å². The third-order valence-corrected chi connectivity index (χ3v) is 4.37. The van der Waals surface area contributed by atoms with Gasteiger partial charge < -0.3 is 9.31 Å². The van der Waals surface area contributed by atoms with Crippen molar-refractivity contribution in [1.29, 1.82) is 5.26 Å². The topological polar surface area (TPSA) is 70.9 Å². The normalized spacial score (nSPS) is 32.4. The second kappa shape index (κ2) is 3.18. The number of rotatable bonds is 1. The molecule has 1 aliphatic heterocycles. The zero-order valence-corrected chi connectivity index (χ0v) is 10.7. The maximum absolute atomic E-state index is 9.20. The summed E-state index contributed by atoms with van der Waals surface area (Å²) in [6, 6.07) is 5.95. The van der Waals surface area contributed by atoms with E-state index >= 15 is 0 Å². The van der Waals surface area contributed by atoms with Crippen LogP contribution in [0, 0.1) is 11.3 Å². The second-order valence-corrected chi connectivity index (χ2v) is 5.72. The van der Waals surface area contributed by atoms with E-state index < -0.39 is 7.12 Å². The molecule has 0 bridgehead atoms. The van der Waals surface area contributed by atoms with Gasteiger partial charge in [-0.15, -0.1) is 0 Å². The molecule has 1 aliphatic carbocycles. The summed E-state index contributed by atoms with van der Waals surface area (Å²) in [4.78, 5) is 0. The van der Waals surface area contributed by atoms with Crippen molar-refractivity contribution in [1.82, 2.24) is 10.2 Å². The number of benzene rings is 1. The molecule has 6 heteroatoms. The van der Waals surface area contributed by atoms with Gasteiger partial charge in [0, 0.05) is 11.8 Å². The highest BCUT2D eigenvalue weighted by molar-refractivity contribution is 6.62. The first kappa shape index (κ1) is 11.0. The van der Waals surface area contributed by atoms with Crippen molar-refractivity contribution in [3.8, 4) is 6.07 Å². The van der Waals surface area contributed by atoms with E-state index in [2.05, 4.69) is 30.1 Å². The van der Waals surface area contributed by atoms with E-state index in [0.29, 0.717) is 5.56 Å². The smallest absolute Gasteiger partial charge is 0.399 e. The quantitative estimate of drug-likeness (QED) is 0.772. The highest BCUT2D eigenvalue weighted by atomic mass is 16.7. The number of aromatic amines is 1. The molecule has 1 N–H and O–H groups in total. The lowest BCUT2D eigenvalue weighted by Gasteiger charge is -2.11. The van der Waals surface area contributed by atoms with E-state index in [1.165, 1.54) is 0 Å². The lowest BCUT2D eigenvalue weighted by atomic mass is 9.77. The SMILES string of the molecule is CC12CC1(C)OB(c1cc(C#N)c3[nH]ncc3c1)O2. The van der Waals surface area contributed by atoms with E-state index in [1.807, 2.05) is 12.1 Å². The molecular formula is C13H12BN3O2. The van der Waals surface area contributed by atoms with Crippen molar-refractivity contribution in [2.45, 2.75) is 31.5 Å². The Kier molecular flexibility index (Phi) is 1.85. The summed E-state index contributed by atoms with van der Waals surface area (Å²) in [6.45, 7) is 4.13. The van der Waals surface area contributed by atoms with Gasteiger partial charge in [0.25, 0.3) is 0 Å². The Morgan fingerprint density at radius 1 is 1.37 bits per heavy atom. The number of nitriles is 1. The molecule has 94 valence electrons. The highest BCUT2D eigenvalue weighted by Gasteiger charge is 2.71. The van der Waals surface area contributed by atoms with Crippen molar-refractivity contribution in [2.75, 3.05) is 0 Å². The molecule has 2 aromatic rings. The van der Waals surface area contributed by atoms with Gasteiger partial charge in [-0.05, 0) is 25.4 Å². The summed E-state index contributed by atoms with van der Waals surface area (Å²) >= 11 is 0. The zero-order valence-electron chi connectivity index (χ0n) is 10.7. The molecule has 0 amide bonds. The van der Waals surface area contributed by atoms with Crippen LogP contribution in [0.1, 0.15) is 25.8 Å². The van der Waals surface area contributed by atoms with Crippen LogP contribution in [0.3, 0.4) is 0 Å². The Balaban J connectivity index is 1.79. The highest BCUT2D eigenvalue weighted by Crippen LogP contribution is 2.58. The first-order valence-electron chi connectivity index (χ1n) is 6.27. The van der Waals surface area contributed by atoms with Crippen LogP contribution in [-0.4, -0.2) is 28.5 Å². The average molecular weight is 253 g/mol. The maximum atomic E-state index is 9.20. The van der Waals surface area contributed by atoms with Gasteiger partial charge >= 0.3 is 7.12 Å². The Morgan fingerprint density at radius 3 is 2.79 bits per heavy atom. The number of nitrogens with zero attached hydrogens (tertiary/aromatic N) is 2. The predicted molar refractivity (Wildman–Crippen MR) is 69.8 cm³/mol. The molecule has 19 heavy (non-hydrogen) atoms. The van der Waals surface area contributed by atoms with E-state index in [4.69, 9.17) is 9.31 Å². The fourth-order valence-electron chi connectivity index (χ4n) is 2.87. The second-order valence-electron chi connectivity index (χ2n) is 5.72. The van der Waals surface area contributed by atoms with Crippen LogP contribution in [0.4, 0.5) is 0 Å². The molecule has 2 fully saturated rings. The fourth-order valence-corrected chi connectivity index (χ4v) is 2.87. The van der Waals surface area contributed by atoms with Gasteiger partial charge in [-0.25, -0.2) is 0 Å². The van der Waals surface area contributed by atoms with Gasteiger partial charge in [0.05, 0.1) is 28.5 Å². The first-order valence-corrected chi connectivity index (χ1v) is 6.27. The molecule has 1 saturated carbocycles. The summed E-state index contributed by atoms with van der Waals surface area (Å²) in [6.07, 6.45) is 2.63. The van der Waals surface area contributed by atoms with Crippen molar-refractivity contribution in [3.63, 3.8) is 0 Å². The number of nitrogens with one attached hydrogen (secondary N) is 1. The van der Waals surface area contributed by atoms with Crippen molar-refractivity contribution >= 4 is 23.5 Å². The number of hydrogen-bond acceptors (Lipinski definition) is 4. The molecule has 1 aromatic heterocycles. The minimum atomic E-state index is -0.393. The lowest BCUT2D eigenvalue weighted by molar-refractivity contribution is 0.187. The van der Waals surface area contributed by atoms with Crippen LogP contribution < -0.4 is 5.46 Å². The molecule has 2 aliphatic rings. The Hall–Kier alpha value is -1.84. The number of hydrogen-bond donors (Lipinski definition) is 1. The minimum absolute atomic E-state index is 0.185. The summed E-state index contributed by atoms with van der Waals surface area (Å²) in [5, 5.41) is 16.9. The summed E-state index contributed by atoms with van der Waals surface area (Å²) in [7, 11) is -0.393. The largest absolute Gasteiger partial charge is 0.494 e. The van der Waals surface area contributed by atoms with E-state index in [9.17, 15) is 5.26 Å². The maximum Gasteiger partial charge on any atom is 0.494 e. The molecule has 2 heterocycles. The third-order valence-electron chi connectivity index (χ3n) is 4.37. The van der Waals surface area contributed by atoms with Gasteiger partial charge in [0.15, 0.2) is 0 Å². The van der Waals surface area contributed by atoms with E-state index in [-0.39, 0.29) is 11.2 Å². The van der Waals surface area contributed by atoms with E-state index in [1.54, 1.807) is 6.20 Å². The van der Waals surface area contributed by atoms with Gasteiger partial charge in [-0.2, -0.15) is 10.4 Å². The summed E-state index contributed by atoms with van der Waals surface area (Å²) in [5.41, 5.74) is 1.83. The van der Waals surface area contributed by atoms with Gasteiger partial charge in [0.2, 0.25) is 0 Å². The number of H-pyrrole nitrogens is 1. The monoisotopic (exact) mass is 253 g/mol. The molecule has 1 saturated heterocycles. The third kappa shape index (κ3) is 1.34. The fraction of sp³-hybridized carbons (Fsp3) is 0.385. The summed E-state index contributed by atoms with van der Waals surface area (Å²) < 4.78 is 11.9. The van der Waals surface area contributed by atoms with Crippen LogP contribution in [0.5, 0.6) is 0 Å². The molecule has 2 atom stereocenters. The Labute approximate surface area is 110 Å². The molecule has 4 rings (SSSR count). The Bertz CT molecular complexity index is 721. The van der Waals surface area contributed by atoms with Crippen LogP contribution in [0.15, 0.2) is 18.3 Å². The Morgan fingerprint density at radius 2 is 2.11 bits per heavy atom. The van der Waals surface area contributed by atoms with E-state index in [0.717, 1.165) is 22.8 Å². The summed E-state index contributed by atoms with van der Waals surface area (Å²) in [5.74, 6) is 0. The van der Waals surface area contributed by atoms with Gasteiger partial charge in [-0.1, -0.05) is 6.07 Å². The molecule has 0 radical (unpaired) electrons. The van der Waals surface area contributed by atoms with Gasteiger partial charge in [-0.3, -0.25) is 5.10 Å². The zero-order chi connectivity index (χ0) is 13.3. The van der Waals surface area contributed by atoms with Crippen molar-refractivity contribution in [2.24, 2.45) is 0 Å². The molecule has 2 unspecified atom stereocenters. The van der Waals surface area contributed by atoms with Crippen LogP contribution in [0.2, 0.25) is 0 Å². The van der Waals surface area contributed by atoms with Gasteiger partial charge in [0.1, 0.15) is 6.07 Å². The average Bonchev–Trinajstić information content (AvgIpc) is 2.74. The minimum Gasteiger partial charge on any atom is -0.399 e. The molecular weight excluding hydrogens is 241 g/mol. The molecule has 1 aromatic carbocycles. The molecule has 5 nitrogen and oxygen atoms in total. The van der Waals surface area contributed by atoms with Crippen LogP contribution >= 0.6 is 0 Å². The van der Waals surface area contributed by atoms with Crippen LogP contribution in [0.25, 0.3) is 10.9 Å². The predicted octanol–water partition coefficient (Wildman–Crippen LogP) is 1.10. The van der Waals surface area contributed by atoms with Crippen LogP contribution in [-0.2, 0) is 9.31 Å². The standard InChI is InChI=1S/C13H12BN3O2/c1-12-7-13(12,2)19-14(18-12)10-3-8(5-15)11-9(4-10)6-16-17-11/h3-4,6H,7H2,1-2H3,(H,16,17).